The molecule has 0 fully saturated rings. The molecule has 0 aliphatic carbocycles. The topological polar surface area (TPSA) is 35.2 Å². The summed E-state index contributed by atoms with van der Waals surface area (Å²) in [5.41, 5.74) is 6.54. The molecule has 0 amide bonds. The van der Waals surface area contributed by atoms with E-state index in [2.05, 4.69) is 6.92 Å². The van der Waals surface area contributed by atoms with Gasteiger partial charge in [0.2, 0.25) is 0 Å². The smallest absolute Gasteiger partial charge is 0.137 e. The lowest BCUT2D eigenvalue weighted by Gasteiger charge is -2.08. The van der Waals surface area contributed by atoms with Gasteiger partial charge in [-0.2, -0.15) is 0 Å². The normalized spacial score (nSPS) is 10.3. The van der Waals surface area contributed by atoms with E-state index >= 15 is 0 Å². The fourth-order valence-electron chi connectivity index (χ4n) is 1.32. The first kappa shape index (κ1) is 12.3. The Morgan fingerprint density at radius 1 is 1.33 bits per heavy atom. The highest BCUT2D eigenvalue weighted by atomic mass is 35.5. The molecular weight excluding hydrogens is 210 g/mol. The van der Waals surface area contributed by atoms with Crippen LogP contribution in [-0.2, 0) is 6.54 Å². The van der Waals surface area contributed by atoms with Crippen molar-refractivity contribution in [3.8, 4) is 5.75 Å². The van der Waals surface area contributed by atoms with Gasteiger partial charge in [-0.05, 0) is 24.1 Å². The summed E-state index contributed by atoms with van der Waals surface area (Å²) in [4.78, 5) is 0. The molecule has 2 nitrogen and oxygen atoms in total. The quantitative estimate of drug-likeness (QED) is 0.757. The molecule has 0 spiro atoms. The molecule has 0 saturated heterocycles. The lowest BCUT2D eigenvalue weighted by atomic mass is 10.2. The molecule has 0 atom stereocenters. The van der Waals surface area contributed by atoms with Crippen LogP contribution in [0.1, 0.15) is 31.7 Å². The van der Waals surface area contributed by atoms with Crippen molar-refractivity contribution < 1.29 is 4.74 Å². The summed E-state index contributed by atoms with van der Waals surface area (Å²) >= 11 is 6.04. The molecule has 84 valence electrons. The second-order valence-corrected chi connectivity index (χ2v) is 3.93. The van der Waals surface area contributed by atoms with Crippen LogP contribution in [0.5, 0.6) is 5.75 Å². The highest BCUT2D eigenvalue weighted by Crippen LogP contribution is 2.25. The molecular formula is C12H18ClNO. The molecule has 1 rings (SSSR count). The summed E-state index contributed by atoms with van der Waals surface area (Å²) in [6.07, 6.45) is 3.47. The third-order valence-electron chi connectivity index (χ3n) is 2.24. The molecule has 2 N–H and O–H groups in total. The van der Waals surface area contributed by atoms with Crippen molar-refractivity contribution in [2.75, 3.05) is 6.61 Å². The maximum Gasteiger partial charge on any atom is 0.137 e. The number of rotatable bonds is 6. The average Bonchev–Trinajstić information content (AvgIpc) is 2.26. The van der Waals surface area contributed by atoms with Crippen molar-refractivity contribution >= 4 is 11.6 Å². The number of benzene rings is 1. The van der Waals surface area contributed by atoms with Crippen LogP contribution in [0.4, 0.5) is 0 Å². The van der Waals surface area contributed by atoms with Crippen LogP contribution in [0.25, 0.3) is 0 Å². The SMILES string of the molecule is CCCCCOc1ccc(CN)cc1Cl. The van der Waals surface area contributed by atoms with Gasteiger partial charge in [0.1, 0.15) is 5.75 Å². The lowest BCUT2D eigenvalue weighted by molar-refractivity contribution is 0.306. The first-order valence-corrected chi connectivity index (χ1v) is 5.77. The molecule has 0 heterocycles. The Labute approximate surface area is 96.4 Å². The standard InChI is InChI=1S/C12H18ClNO/c1-2-3-4-7-15-12-6-5-10(9-14)8-11(12)13/h5-6,8H,2-4,7,9,14H2,1H3. The largest absolute Gasteiger partial charge is 0.492 e. The molecule has 0 radical (unpaired) electrons. The van der Waals surface area contributed by atoms with Gasteiger partial charge in [-0.1, -0.05) is 37.4 Å². The van der Waals surface area contributed by atoms with Gasteiger partial charge in [0, 0.05) is 6.54 Å². The van der Waals surface area contributed by atoms with Gasteiger partial charge in [0.15, 0.2) is 0 Å². The highest BCUT2D eigenvalue weighted by Gasteiger charge is 2.01. The molecule has 3 heteroatoms. The number of hydrogen-bond acceptors (Lipinski definition) is 2. The van der Waals surface area contributed by atoms with Crippen molar-refractivity contribution in [1.29, 1.82) is 0 Å². The summed E-state index contributed by atoms with van der Waals surface area (Å²) in [5.74, 6) is 0.755. The van der Waals surface area contributed by atoms with Crippen LogP contribution in [0.2, 0.25) is 5.02 Å². The van der Waals surface area contributed by atoms with E-state index in [9.17, 15) is 0 Å². The van der Waals surface area contributed by atoms with E-state index in [-0.39, 0.29) is 0 Å². The van der Waals surface area contributed by atoms with Crippen LogP contribution in [0.15, 0.2) is 18.2 Å². The van der Waals surface area contributed by atoms with Crippen molar-refractivity contribution in [2.24, 2.45) is 5.73 Å². The number of hydrogen-bond donors (Lipinski definition) is 1. The second-order valence-electron chi connectivity index (χ2n) is 3.52. The zero-order chi connectivity index (χ0) is 11.1. The van der Waals surface area contributed by atoms with Crippen molar-refractivity contribution in [3.05, 3.63) is 28.8 Å². The summed E-state index contributed by atoms with van der Waals surface area (Å²) in [7, 11) is 0. The van der Waals surface area contributed by atoms with Gasteiger partial charge in [0.05, 0.1) is 11.6 Å². The van der Waals surface area contributed by atoms with Crippen molar-refractivity contribution in [2.45, 2.75) is 32.7 Å². The number of unbranched alkanes of at least 4 members (excludes halogenated alkanes) is 2. The van der Waals surface area contributed by atoms with Crippen LogP contribution < -0.4 is 10.5 Å². The Bertz CT molecular complexity index is 302. The zero-order valence-corrected chi connectivity index (χ0v) is 9.89. The van der Waals surface area contributed by atoms with E-state index in [4.69, 9.17) is 22.1 Å². The van der Waals surface area contributed by atoms with E-state index < -0.39 is 0 Å². The van der Waals surface area contributed by atoms with Crippen molar-refractivity contribution in [1.82, 2.24) is 0 Å². The highest BCUT2D eigenvalue weighted by molar-refractivity contribution is 6.32. The zero-order valence-electron chi connectivity index (χ0n) is 9.13. The van der Waals surface area contributed by atoms with Gasteiger partial charge in [-0.15, -0.1) is 0 Å². The Morgan fingerprint density at radius 3 is 2.73 bits per heavy atom. The minimum atomic E-state index is 0.510. The van der Waals surface area contributed by atoms with Gasteiger partial charge >= 0.3 is 0 Å². The van der Waals surface area contributed by atoms with Crippen LogP contribution in [-0.4, -0.2) is 6.61 Å². The second kappa shape index (κ2) is 6.70. The van der Waals surface area contributed by atoms with E-state index in [1.807, 2.05) is 18.2 Å². The maximum absolute atomic E-state index is 6.04. The lowest BCUT2D eigenvalue weighted by Crippen LogP contribution is -1.99. The first-order chi connectivity index (χ1) is 7.27. The predicted molar refractivity (Wildman–Crippen MR) is 64.4 cm³/mol. The minimum Gasteiger partial charge on any atom is -0.492 e. The Kier molecular flexibility index (Phi) is 5.51. The molecule has 1 aromatic carbocycles. The summed E-state index contributed by atoms with van der Waals surface area (Å²) in [5, 5.41) is 0.648. The van der Waals surface area contributed by atoms with Gasteiger partial charge in [-0.3, -0.25) is 0 Å². The molecule has 0 bridgehead atoms. The molecule has 15 heavy (non-hydrogen) atoms. The Morgan fingerprint density at radius 2 is 2.13 bits per heavy atom. The minimum absolute atomic E-state index is 0.510. The van der Waals surface area contributed by atoms with Gasteiger partial charge < -0.3 is 10.5 Å². The number of halogens is 1. The summed E-state index contributed by atoms with van der Waals surface area (Å²) in [6.45, 7) is 3.41. The van der Waals surface area contributed by atoms with Crippen molar-refractivity contribution in [3.63, 3.8) is 0 Å². The third kappa shape index (κ3) is 4.10. The maximum atomic E-state index is 6.04. The van der Waals surface area contributed by atoms with Gasteiger partial charge in [-0.25, -0.2) is 0 Å². The summed E-state index contributed by atoms with van der Waals surface area (Å²) in [6, 6.07) is 5.69. The van der Waals surface area contributed by atoms with E-state index in [0.717, 1.165) is 24.3 Å². The third-order valence-corrected chi connectivity index (χ3v) is 2.53. The molecule has 0 aliphatic heterocycles. The fraction of sp³-hybridized carbons (Fsp3) is 0.500. The monoisotopic (exact) mass is 227 g/mol. The number of ether oxygens (including phenoxy) is 1. The Balaban J connectivity index is 2.47. The van der Waals surface area contributed by atoms with E-state index in [1.165, 1.54) is 12.8 Å². The summed E-state index contributed by atoms with van der Waals surface area (Å²) < 4.78 is 5.57. The molecule has 0 unspecified atom stereocenters. The average molecular weight is 228 g/mol. The van der Waals surface area contributed by atoms with E-state index in [1.54, 1.807) is 0 Å². The predicted octanol–water partition coefficient (Wildman–Crippen LogP) is 3.37. The Hall–Kier alpha value is -0.730. The van der Waals surface area contributed by atoms with Crippen LogP contribution >= 0.6 is 11.6 Å². The molecule has 0 aliphatic rings. The number of nitrogens with two attached hydrogens (primary N) is 1. The molecule has 0 aromatic heterocycles. The fourth-order valence-corrected chi connectivity index (χ4v) is 1.58. The first-order valence-electron chi connectivity index (χ1n) is 5.39. The molecule has 0 saturated carbocycles. The van der Waals surface area contributed by atoms with Gasteiger partial charge in [0.25, 0.3) is 0 Å². The van der Waals surface area contributed by atoms with E-state index in [0.29, 0.717) is 11.6 Å². The van der Waals surface area contributed by atoms with Crippen LogP contribution in [0, 0.1) is 0 Å². The van der Waals surface area contributed by atoms with Crippen LogP contribution in [0.3, 0.4) is 0 Å². The molecule has 1 aromatic rings.